The van der Waals surface area contributed by atoms with Gasteiger partial charge in [0.25, 0.3) is 0 Å². The number of nitrogens with zero attached hydrogens (tertiary/aromatic N) is 5. The molecule has 0 amide bonds. The first-order valence-corrected chi connectivity index (χ1v) is 19.3. The summed E-state index contributed by atoms with van der Waals surface area (Å²) < 4.78 is 7.00. The van der Waals surface area contributed by atoms with Crippen LogP contribution in [0.3, 0.4) is 0 Å². The number of hydrogen-bond acceptors (Lipinski definition) is 2. The first kappa shape index (κ1) is 31.6. The molecule has 0 atom stereocenters. The van der Waals surface area contributed by atoms with Crippen LogP contribution in [0.4, 0.5) is 0 Å². The molecule has 0 bridgehead atoms. The van der Waals surface area contributed by atoms with Crippen molar-refractivity contribution >= 4 is 65.4 Å². The van der Waals surface area contributed by atoms with E-state index in [9.17, 15) is 0 Å². The fourth-order valence-electron chi connectivity index (χ4n) is 8.90. The highest BCUT2D eigenvalue weighted by Crippen LogP contribution is 2.43. The fourth-order valence-corrected chi connectivity index (χ4v) is 8.90. The average Bonchev–Trinajstić information content (AvgIpc) is 3.96. The third-order valence-electron chi connectivity index (χ3n) is 11.5. The minimum Gasteiger partial charge on any atom is -0.316 e. The molecular formula is C52H33N5. The highest BCUT2D eigenvalue weighted by molar-refractivity contribution is 6.27. The van der Waals surface area contributed by atoms with Crippen LogP contribution < -0.4 is 0 Å². The quantitative estimate of drug-likeness (QED) is 0.177. The molecule has 0 aliphatic rings. The van der Waals surface area contributed by atoms with E-state index in [4.69, 9.17) is 9.97 Å². The maximum Gasteiger partial charge on any atom is 0.235 e. The van der Waals surface area contributed by atoms with Gasteiger partial charge in [0.15, 0.2) is 0 Å². The van der Waals surface area contributed by atoms with E-state index < -0.39 is 0 Å². The van der Waals surface area contributed by atoms with E-state index in [1.807, 2.05) is 0 Å². The van der Waals surface area contributed by atoms with Gasteiger partial charge in [-0.25, -0.2) is 9.97 Å². The van der Waals surface area contributed by atoms with Crippen LogP contribution in [0.25, 0.3) is 105 Å². The van der Waals surface area contributed by atoms with Gasteiger partial charge in [-0.3, -0.25) is 4.57 Å². The van der Waals surface area contributed by atoms with Gasteiger partial charge in [-0.2, -0.15) is 0 Å². The van der Waals surface area contributed by atoms with Gasteiger partial charge in [0.1, 0.15) is 0 Å². The lowest BCUT2D eigenvalue weighted by Gasteiger charge is -2.13. The molecule has 0 saturated carbocycles. The minimum atomic E-state index is 0.645. The van der Waals surface area contributed by atoms with Crippen LogP contribution in [0.2, 0.25) is 0 Å². The number of aromatic nitrogens is 5. The zero-order chi connectivity index (χ0) is 37.5. The van der Waals surface area contributed by atoms with Crippen LogP contribution in [0, 0.1) is 0 Å². The number of benzene rings is 8. The molecule has 5 heteroatoms. The molecule has 0 radical (unpaired) electrons. The van der Waals surface area contributed by atoms with Crippen LogP contribution in [0.1, 0.15) is 0 Å². The monoisotopic (exact) mass is 727 g/mol. The summed E-state index contributed by atoms with van der Waals surface area (Å²) in [6.45, 7) is 0. The Balaban J connectivity index is 1.18. The standard InChI is InChI=1S/C52H33N5/c1-4-14-34(15-5-1)35-24-26-36(27-25-35)50-42-21-10-12-22-44(42)53-52(54-50)57-45-23-13-11-20-40(45)41-28-29-46-49(51(41)57)43-32-37-30-31-55(38-16-6-2-7-17-38)47(37)33-48(43)56(46)39-18-8-3-9-19-39/h1-33H. The number of para-hydroxylation sites is 4. The largest absolute Gasteiger partial charge is 0.316 e. The predicted octanol–water partition coefficient (Wildman–Crippen LogP) is 13.1. The molecule has 0 spiro atoms. The van der Waals surface area contributed by atoms with Gasteiger partial charge in [-0.15, -0.1) is 0 Å². The molecule has 4 heterocycles. The lowest BCUT2D eigenvalue weighted by molar-refractivity contribution is 1.02. The first-order valence-electron chi connectivity index (χ1n) is 19.3. The molecule has 0 saturated heterocycles. The Labute approximate surface area is 328 Å². The summed E-state index contributed by atoms with van der Waals surface area (Å²) >= 11 is 0. The number of rotatable bonds is 5. The van der Waals surface area contributed by atoms with E-state index in [1.165, 1.54) is 27.3 Å². The van der Waals surface area contributed by atoms with Gasteiger partial charge in [0.2, 0.25) is 5.95 Å². The molecule has 12 rings (SSSR count). The maximum absolute atomic E-state index is 5.50. The van der Waals surface area contributed by atoms with Crippen molar-refractivity contribution in [2.75, 3.05) is 0 Å². The van der Waals surface area contributed by atoms with Crippen molar-refractivity contribution in [1.29, 1.82) is 0 Å². The Morgan fingerprint density at radius 2 is 1.02 bits per heavy atom. The van der Waals surface area contributed by atoms with Gasteiger partial charge in [-0.05, 0) is 71.8 Å². The smallest absolute Gasteiger partial charge is 0.235 e. The lowest BCUT2D eigenvalue weighted by Crippen LogP contribution is -2.03. The Hall–Kier alpha value is -7.76. The number of hydrogen-bond donors (Lipinski definition) is 0. The SMILES string of the molecule is c1ccc(-c2ccc(-c3nc(-n4c5ccccc5c5ccc6c(c7cc8ccn(-c9ccccc9)c8cc7n6-c6ccccc6)c54)nc4ccccc34)cc2)cc1. The third-order valence-corrected chi connectivity index (χ3v) is 11.5. The molecule has 4 aromatic heterocycles. The van der Waals surface area contributed by atoms with E-state index in [1.54, 1.807) is 0 Å². The highest BCUT2D eigenvalue weighted by Gasteiger charge is 2.24. The number of fused-ring (bicyclic) bond motifs is 9. The van der Waals surface area contributed by atoms with Crippen molar-refractivity contribution in [3.63, 3.8) is 0 Å². The molecule has 57 heavy (non-hydrogen) atoms. The zero-order valence-corrected chi connectivity index (χ0v) is 30.8. The summed E-state index contributed by atoms with van der Waals surface area (Å²) in [6, 6.07) is 69.1. The lowest BCUT2D eigenvalue weighted by atomic mass is 10.0. The van der Waals surface area contributed by atoms with Gasteiger partial charge in [0.05, 0.1) is 38.8 Å². The molecule has 0 aliphatic heterocycles. The van der Waals surface area contributed by atoms with Crippen LogP contribution >= 0.6 is 0 Å². The Morgan fingerprint density at radius 3 is 1.81 bits per heavy atom. The van der Waals surface area contributed by atoms with Crippen molar-refractivity contribution in [2.24, 2.45) is 0 Å². The van der Waals surface area contributed by atoms with Gasteiger partial charge >= 0.3 is 0 Å². The van der Waals surface area contributed by atoms with E-state index >= 15 is 0 Å². The van der Waals surface area contributed by atoms with Gasteiger partial charge < -0.3 is 9.13 Å². The topological polar surface area (TPSA) is 40.6 Å². The fraction of sp³-hybridized carbons (Fsp3) is 0. The normalized spacial score (nSPS) is 11.9. The summed E-state index contributed by atoms with van der Waals surface area (Å²) in [4.78, 5) is 10.8. The van der Waals surface area contributed by atoms with Crippen molar-refractivity contribution in [2.45, 2.75) is 0 Å². The first-order chi connectivity index (χ1) is 28.3. The van der Waals surface area contributed by atoms with Crippen molar-refractivity contribution < 1.29 is 0 Å². The van der Waals surface area contributed by atoms with E-state index in [2.05, 4.69) is 214 Å². The van der Waals surface area contributed by atoms with Crippen LogP contribution in [-0.2, 0) is 0 Å². The molecule has 0 N–H and O–H groups in total. The molecule has 5 nitrogen and oxygen atoms in total. The second-order valence-corrected chi connectivity index (χ2v) is 14.7. The minimum absolute atomic E-state index is 0.645. The van der Waals surface area contributed by atoms with Crippen molar-refractivity contribution in [1.82, 2.24) is 23.7 Å². The second-order valence-electron chi connectivity index (χ2n) is 14.7. The highest BCUT2D eigenvalue weighted by atomic mass is 15.2. The Morgan fingerprint density at radius 1 is 0.368 bits per heavy atom. The van der Waals surface area contributed by atoms with Crippen LogP contribution in [0.5, 0.6) is 0 Å². The van der Waals surface area contributed by atoms with Gasteiger partial charge in [0, 0.05) is 55.5 Å². The molecule has 0 fully saturated rings. The molecule has 266 valence electrons. The molecular weight excluding hydrogens is 695 g/mol. The van der Waals surface area contributed by atoms with Crippen molar-refractivity contribution in [3.8, 4) is 39.7 Å². The van der Waals surface area contributed by atoms with E-state index in [-0.39, 0.29) is 0 Å². The van der Waals surface area contributed by atoms with Crippen molar-refractivity contribution in [3.05, 3.63) is 200 Å². The summed E-state index contributed by atoms with van der Waals surface area (Å²) in [5, 5.41) is 6.88. The summed E-state index contributed by atoms with van der Waals surface area (Å²) in [5.41, 5.74) is 13.1. The summed E-state index contributed by atoms with van der Waals surface area (Å²) in [5.74, 6) is 0.645. The van der Waals surface area contributed by atoms with Crippen LogP contribution in [-0.4, -0.2) is 23.7 Å². The zero-order valence-electron chi connectivity index (χ0n) is 30.8. The van der Waals surface area contributed by atoms with E-state index in [0.717, 1.165) is 71.9 Å². The predicted molar refractivity (Wildman–Crippen MR) is 236 cm³/mol. The summed E-state index contributed by atoms with van der Waals surface area (Å²) in [6.07, 6.45) is 2.18. The Kier molecular flexibility index (Phi) is 6.86. The molecule has 0 unspecified atom stereocenters. The Bertz CT molecular complexity index is 3490. The third kappa shape index (κ3) is 4.82. The van der Waals surface area contributed by atoms with E-state index in [0.29, 0.717) is 5.95 Å². The molecule has 8 aromatic carbocycles. The van der Waals surface area contributed by atoms with Crippen LogP contribution in [0.15, 0.2) is 200 Å². The summed E-state index contributed by atoms with van der Waals surface area (Å²) in [7, 11) is 0. The van der Waals surface area contributed by atoms with Gasteiger partial charge in [-0.1, -0.05) is 133 Å². The molecule has 0 aliphatic carbocycles. The molecule has 12 aromatic rings. The maximum atomic E-state index is 5.50. The average molecular weight is 728 g/mol. The second kappa shape index (κ2) is 12.4.